The number of ether oxygens (including phenoxy) is 1. The van der Waals surface area contributed by atoms with Crippen molar-refractivity contribution in [2.24, 2.45) is 10.9 Å². The highest BCUT2D eigenvalue weighted by Crippen LogP contribution is 2.23. The van der Waals surface area contributed by atoms with Gasteiger partial charge in [-0.2, -0.15) is 0 Å². The molecule has 3 rings (SSSR count). The van der Waals surface area contributed by atoms with E-state index in [1.54, 1.807) is 30.3 Å². The van der Waals surface area contributed by atoms with Crippen molar-refractivity contribution in [3.05, 3.63) is 99.8 Å². The normalized spacial score (nSPS) is 11.2. The van der Waals surface area contributed by atoms with Crippen LogP contribution in [-0.4, -0.2) is 11.8 Å². The SMILES string of the molecule is Cc1cc(Cl)ccc1OCc1cccc(C(=O)O/N=C(\N)c2ccc(F)cc2)c1. The lowest BCUT2D eigenvalue weighted by Crippen LogP contribution is -2.15. The number of halogens is 2. The molecule has 0 fully saturated rings. The van der Waals surface area contributed by atoms with E-state index in [4.69, 9.17) is 26.9 Å². The van der Waals surface area contributed by atoms with Crippen LogP contribution in [0.2, 0.25) is 5.02 Å². The molecule has 0 radical (unpaired) electrons. The molecule has 7 heteroatoms. The van der Waals surface area contributed by atoms with Crippen LogP contribution in [0.3, 0.4) is 0 Å². The minimum atomic E-state index is -0.667. The Hall–Kier alpha value is -3.38. The van der Waals surface area contributed by atoms with Crippen molar-refractivity contribution >= 4 is 23.4 Å². The molecule has 0 aromatic heterocycles. The Bertz CT molecular complexity index is 1050. The van der Waals surface area contributed by atoms with Gasteiger partial charge >= 0.3 is 5.97 Å². The van der Waals surface area contributed by atoms with Crippen molar-refractivity contribution in [3.8, 4) is 5.75 Å². The van der Waals surface area contributed by atoms with Gasteiger partial charge in [-0.3, -0.25) is 0 Å². The monoisotopic (exact) mass is 412 g/mol. The van der Waals surface area contributed by atoms with Crippen molar-refractivity contribution in [2.75, 3.05) is 0 Å². The zero-order valence-electron chi connectivity index (χ0n) is 15.6. The van der Waals surface area contributed by atoms with Gasteiger partial charge < -0.3 is 15.3 Å². The minimum absolute atomic E-state index is 0.0314. The molecular weight excluding hydrogens is 395 g/mol. The first-order valence-electron chi connectivity index (χ1n) is 8.71. The van der Waals surface area contributed by atoms with Gasteiger partial charge in [-0.1, -0.05) is 28.9 Å². The lowest BCUT2D eigenvalue weighted by Gasteiger charge is -2.10. The van der Waals surface area contributed by atoms with Gasteiger partial charge in [0.05, 0.1) is 5.56 Å². The lowest BCUT2D eigenvalue weighted by atomic mass is 10.1. The van der Waals surface area contributed by atoms with Crippen LogP contribution in [0.1, 0.15) is 27.0 Å². The molecule has 0 aliphatic carbocycles. The van der Waals surface area contributed by atoms with Crippen LogP contribution in [0, 0.1) is 12.7 Å². The third-order valence-electron chi connectivity index (χ3n) is 4.06. The van der Waals surface area contributed by atoms with Gasteiger partial charge in [0.15, 0.2) is 5.84 Å². The topological polar surface area (TPSA) is 73.9 Å². The molecule has 0 saturated carbocycles. The molecule has 0 spiro atoms. The van der Waals surface area contributed by atoms with Gasteiger partial charge in [-0.05, 0) is 72.6 Å². The van der Waals surface area contributed by atoms with E-state index in [0.717, 1.165) is 11.1 Å². The predicted octanol–water partition coefficient (Wildman–Crippen LogP) is 4.84. The number of hydrogen-bond acceptors (Lipinski definition) is 4. The maximum absolute atomic E-state index is 13.0. The Kier molecular flexibility index (Phi) is 6.46. The number of amidine groups is 1. The number of benzene rings is 3. The fourth-order valence-electron chi connectivity index (χ4n) is 2.54. The summed E-state index contributed by atoms with van der Waals surface area (Å²) in [5, 5.41) is 4.26. The Balaban J connectivity index is 1.64. The molecule has 0 bridgehead atoms. The summed E-state index contributed by atoms with van der Waals surface area (Å²) in [6, 6.07) is 17.5. The van der Waals surface area contributed by atoms with E-state index in [2.05, 4.69) is 5.16 Å². The maximum atomic E-state index is 13.0. The maximum Gasteiger partial charge on any atom is 0.365 e. The first kappa shape index (κ1) is 20.4. The summed E-state index contributed by atoms with van der Waals surface area (Å²) in [5.41, 5.74) is 8.20. The van der Waals surface area contributed by atoms with E-state index < -0.39 is 11.8 Å². The standard InChI is InChI=1S/C22H18ClFN2O3/c1-14-11-18(23)7-10-20(14)28-13-15-3-2-4-17(12-15)22(27)29-26-21(25)16-5-8-19(24)9-6-16/h2-12H,13H2,1H3,(H2,25,26). The molecule has 0 saturated heterocycles. The van der Waals surface area contributed by atoms with Gasteiger partial charge in [0, 0.05) is 10.6 Å². The average Bonchev–Trinajstić information content (AvgIpc) is 2.72. The number of carbonyl (C=O) groups excluding carboxylic acids is 1. The quantitative estimate of drug-likeness (QED) is 0.272. The third-order valence-corrected chi connectivity index (χ3v) is 4.30. The van der Waals surface area contributed by atoms with Gasteiger partial charge in [0.1, 0.15) is 18.2 Å². The number of nitrogens with two attached hydrogens (primary N) is 1. The highest BCUT2D eigenvalue weighted by atomic mass is 35.5. The average molecular weight is 413 g/mol. The van der Waals surface area contributed by atoms with Crippen molar-refractivity contribution in [1.29, 1.82) is 0 Å². The summed E-state index contributed by atoms with van der Waals surface area (Å²) in [6.45, 7) is 2.17. The second-order valence-electron chi connectivity index (χ2n) is 6.26. The number of hydrogen-bond donors (Lipinski definition) is 1. The molecule has 0 atom stereocenters. The fraction of sp³-hybridized carbons (Fsp3) is 0.0909. The van der Waals surface area contributed by atoms with Crippen LogP contribution >= 0.6 is 11.6 Å². The summed E-state index contributed by atoms with van der Waals surface area (Å²) in [6.07, 6.45) is 0. The highest BCUT2D eigenvalue weighted by Gasteiger charge is 2.10. The lowest BCUT2D eigenvalue weighted by molar-refractivity contribution is 0.0516. The number of carbonyl (C=O) groups is 1. The van der Waals surface area contributed by atoms with Crippen LogP contribution in [0.25, 0.3) is 0 Å². The number of oxime groups is 1. The van der Waals surface area contributed by atoms with Gasteiger partial charge in [0.25, 0.3) is 0 Å². The van der Waals surface area contributed by atoms with E-state index in [-0.39, 0.29) is 12.4 Å². The Morgan fingerprint density at radius 1 is 1.07 bits per heavy atom. The second-order valence-corrected chi connectivity index (χ2v) is 6.70. The van der Waals surface area contributed by atoms with Crippen LogP contribution in [0.4, 0.5) is 4.39 Å². The molecule has 0 heterocycles. The van der Waals surface area contributed by atoms with E-state index in [1.165, 1.54) is 24.3 Å². The number of nitrogens with zero attached hydrogens (tertiary/aromatic N) is 1. The van der Waals surface area contributed by atoms with E-state index in [0.29, 0.717) is 21.9 Å². The van der Waals surface area contributed by atoms with Crippen LogP contribution in [0.5, 0.6) is 5.75 Å². The molecule has 3 aromatic carbocycles. The second kappa shape index (κ2) is 9.21. The fourth-order valence-corrected chi connectivity index (χ4v) is 2.77. The molecule has 0 amide bonds. The molecule has 0 aliphatic rings. The number of rotatable bonds is 6. The summed E-state index contributed by atoms with van der Waals surface area (Å²) in [4.78, 5) is 17.2. The molecule has 2 N–H and O–H groups in total. The van der Waals surface area contributed by atoms with Gasteiger partial charge in [0.2, 0.25) is 0 Å². The largest absolute Gasteiger partial charge is 0.489 e. The van der Waals surface area contributed by atoms with Crippen LogP contribution in [0.15, 0.2) is 71.9 Å². The summed E-state index contributed by atoms with van der Waals surface area (Å²) in [5.74, 6) is -0.388. The Morgan fingerprint density at radius 3 is 2.55 bits per heavy atom. The molecule has 0 aliphatic heterocycles. The first-order valence-corrected chi connectivity index (χ1v) is 9.09. The van der Waals surface area contributed by atoms with E-state index >= 15 is 0 Å². The van der Waals surface area contributed by atoms with Crippen molar-refractivity contribution in [1.82, 2.24) is 0 Å². The first-order chi connectivity index (χ1) is 13.9. The molecule has 5 nitrogen and oxygen atoms in total. The highest BCUT2D eigenvalue weighted by molar-refractivity contribution is 6.30. The third kappa shape index (κ3) is 5.56. The zero-order chi connectivity index (χ0) is 20.8. The van der Waals surface area contributed by atoms with Crippen molar-refractivity contribution in [3.63, 3.8) is 0 Å². The Morgan fingerprint density at radius 2 is 1.83 bits per heavy atom. The molecule has 3 aromatic rings. The Labute approximate surface area is 172 Å². The van der Waals surface area contributed by atoms with Crippen molar-refractivity contribution < 1.29 is 18.8 Å². The van der Waals surface area contributed by atoms with Crippen molar-refractivity contribution in [2.45, 2.75) is 13.5 Å². The summed E-state index contributed by atoms with van der Waals surface area (Å²) in [7, 11) is 0. The minimum Gasteiger partial charge on any atom is -0.489 e. The zero-order valence-corrected chi connectivity index (χ0v) is 16.3. The van der Waals surface area contributed by atoms with Crippen LogP contribution in [-0.2, 0) is 11.4 Å². The molecule has 29 heavy (non-hydrogen) atoms. The predicted molar refractivity (Wildman–Crippen MR) is 110 cm³/mol. The van der Waals surface area contributed by atoms with E-state index in [9.17, 15) is 9.18 Å². The summed E-state index contributed by atoms with van der Waals surface area (Å²) < 4.78 is 18.7. The smallest absolute Gasteiger partial charge is 0.365 e. The molecule has 148 valence electrons. The molecule has 0 unspecified atom stereocenters. The van der Waals surface area contributed by atoms with E-state index in [1.807, 2.05) is 19.1 Å². The van der Waals surface area contributed by atoms with Gasteiger partial charge in [-0.15, -0.1) is 0 Å². The van der Waals surface area contributed by atoms with Gasteiger partial charge in [-0.25, -0.2) is 9.18 Å². The number of aryl methyl sites for hydroxylation is 1. The van der Waals surface area contributed by atoms with Crippen LogP contribution < -0.4 is 10.5 Å². The summed E-state index contributed by atoms with van der Waals surface area (Å²) >= 11 is 5.94. The molecular formula is C22H18ClFN2O3.